The summed E-state index contributed by atoms with van der Waals surface area (Å²) in [5, 5.41) is 0. The molecular weight excluding hydrogens is 332 g/mol. The first-order chi connectivity index (χ1) is 13.3. The third kappa shape index (κ3) is 12.7. The molecule has 0 radical (unpaired) electrons. The molecule has 0 unspecified atom stereocenters. The van der Waals surface area contributed by atoms with Gasteiger partial charge in [0, 0.05) is 0 Å². The van der Waals surface area contributed by atoms with Gasteiger partial charge in [-0.1, -0.05) is 109 Å². The lowest BCUT2D eigenvalue weighted by atomic mass is 10.0. The highest BCUT2D eigenvalue weighted by atomic mass is 16.5. The highest BCUT2D eigenvalue weighted by molar-refractivity contribution is 5.89. The molecule has 0 fully saturated rings. The Balaban J connectivity index is 1.85. The van der Waals surface area contributed by atoms with E-state index in [1.807, 2.05) is 24.3 Å². The number of ether oxygens (including phenoxy) is 1. The molecule has 0 heterocycles. The normalized spacial score (nSPS) is 10.9. The van der Waals surface area contributed by atoms with E-state index in [0.717, 1.165) is 12.8 Å². The molecule has 27 heavy (non-hydrogen) atoms. The number of rotatable bonds is 17. The average Bonchev–Trinajstić information content (AvgIpc) is 2.70. The Bertz CT molecular complexity index is 464. The van der Waals surface area contributed by atoms with Crippen LogP contribution < -0.4 is 0 Å². The minimum Gasteiger partial charge on any atom is -0.462 e. The fourth-order valence-corrected chi connectivity index (χ4v) is 3.42. The van der Waals surface area contributed by atoms with E-state index >= 15 is 0 Å². The second kappa shape index (κ2) is 16.8. The van der Waals surface area contributed by atoms with Gasteiger partial charge in [-0.15, -0.1) is 0 Å². The summed E-state index contributed by atoms with van der Waals surface area (Å²) in [6, 6.07) is 7.74. The lowest BCUT2D eigenvalue weighted by Gasteiger charge is -2.06. The second-order valence-electron chi connectivity index (χ2n) is 7.78. The van der Waals surface area contributed by atoms with Gasteiger partial charge in [0.25, 0.3) is 0 Å². The van der Waals surface area contributed by atoms with Crippen LogP contribution in [0.4, 0.5) is 0 Å². The lowest BCUT2D eigenvalue weighted by molar-refractivity contribution is 0.0497. The molecule has 0 atom stereocenters. The summed E-state index contributed by atoms with van der Waals surface area (Å²) < 4.78 is 5.37. The van der Waals surface area contributed by atoms with E-state index in [9.17, 15) is 4.79 Å². The second-order valence-corrected chi connectivity index (χ2v) is 7.78. The van der Waals surface area contributed by atoms with Gasteiger partial charge < -0.3 is 4.74 Å². The Labute approximate surface area is 168 Å². The number of hydrogen-bond donors (Lipinski definition) is 0. The van der Waals surface area contributed by atoms with Crippen molar-refractivity contribution in [2.24, 2.45) is 0 Å². The molecule has 0 saturated heterocycles. The maximum absolute atomic E-state index is 12.0. The quantitative estimate of drug-likeness (QED) is 0.205. The first kappa shape index (κ1) is 23.7. The highest BCUT2D eigenvalue weighted by Crippen LogP contribution is 2.13. The van der Waals surface area contributed by atoms with Crippen molar-refractivity contribution in [2.45, 2.75) is 110 Å². The van der Waals surface area contributed by atoms with Crippen LogP contribution in [0.1, 0.15) is 120 Å². The van der Waals surface area contributed by atoms with Crippen LogP contribution in [0.2, 0.25) is 0 Å². The van der Waals surface area contributed by atoms with Gasteiger partial charge >= 0.3 is 5.97 Å². The topological polar surface area (TPSA) is 26.3 Å². The Kier molecular flexibility index (Phi) is 14.8. The van der Waals surface area contributed by atoms with Gasteiger partial charge in [-0.25, -0.2) is 4.79 Å². The third-order valence-corrected chi connectivity index (χ3v) is 5.33. The number of unbranched alkanes of at least 4 members (excludes halogenated alkanes) is 13. The zero-order chi connectivity index (χ0) is 19.6. The van der Waals surface area contributed by atoms with Crippen LogP contribution in [0.3, 0.4) is 0 Å². The molecule has 2 nitrogen and oxygen atoms in total. The summed E-state index contributed by atoms with van der Waals surface area (Å²) in [6.07, 6.45) is 19.8. The fourth-order valence-electron chi connectivity index (χ4n) is 3.42. The van der Waals surface area contributed by atoms with E-state index in [4.69, 9.17) is 4.74 Å². The summed E-state index contributed by atoms with van der Waals surface area (Å²) in [7, 11) is 0. The molecule has 0 N–H and O–H groups in total. The van der Waals surface area contributed by atoms with Crippen molar-refractivity contribution in [1.82, 2.24) is 0 Å². The van der Waals surface area contributed by atoms with Crippen LogP contribution in [-0.4, -0.2) is 12.6 Å². The van der Waals surface area contributed by atoms with Gasteiger partial charge in [0.1, 0.15) is 0 Å². The molecule has 0 aliphatic heterocycles. The SMILES string of the molecule is CCCCCCCCCCCCCCCCOC(=O)c1ccc(CC)cc1. The molecule has 0 aliphatic rings. The Morgan fingerprint density at radius 1 is 0.667 bits per heavy atom. The van der Waals surface area contributed by atoms with Crippen molar-refractivity contribution in [3.63, 3.8) is 0 Å². The number of aryl methyl sites for hydroxylation is 1. The predicted molar refractivity (Wildman–Crippen MR) is 116 cm³/mol. The van der Waals surface area contributed by atoms with Gasteiger partial charge in [0.15, 0.2) is 0 Å². The molecule has 0 spiro atoms. The van der Waals surface area contributed by atoms with Gasteiger partial charge in [-0.2, -0.15) is 0 Å². The van der Waals surface area contributed by atoms with E-state index in [1.54, 1.807) is 0 Å². The average molecular weight is 375 g/mol. The van der Waals surface area contributed by atoms with Crippen molar-refractivity contribution >= 4 is 5.97 Å². The van der Waals surface area contributed by atoms with Crippen LogP contribution in [0.25, 0.3) is 0 Å². The van der Waals surface area contributed by atoms with Crippen molar-refractivity contribution in [3.8, 4) is 0 Å². The van der Waals surface area contributed by atoms with Gasteiger partial charge in [0.2, 0.25) is 0 Å². The van der Waals surface area contributed by atoms with Crippen molar-refractivity contribution in [2.75, 3.05) is 6.61 Å². The van der Waals surface area contributed by atoms with Gasteiger partial charge in [-0.05, 0) is 30.5 Å². The highest BCUT2D eigenvalue weighted by Gasteiger charge is 2.06. The minimum atomic E-state index is -0.188. The molecule has 0 amide bonds. The Morgan fingerprint density at radius 3 is 1.56 bits per heavy atom. The van der Waals surface area contributed by atoms with E-state index in [1.165, 1.54) is 89.0 Å². The van der Waals surface area contributed by atoms with Gasteiger partial charge in [-0.3, -0.25) is 0 Å². The van der Waals surface area contributed by atoms with Crippen LogP contribution >= 0.6 is 0 Å². The first-order valence-electron chi connectivity index (χ1n) is 11.5. The fraction of sp³-hybridized carbons (Fsp3) is 0.720. The van der Waals surface area contributed by atoms with Crippen LogP contribution in [0.15, 0.2) is 24.3 Å². The predicted octanol–water partition coefficient (Wildman–Crippen LogP) is 7.89. The van der Waals surface area contributed by atoms with Crippen molar-refractivity contribution in [3.05, 3.63) is 35.4 Å². The molecule has 0 bridgehead atoms. The minimum absolute atomic E-state index is 0.188. The molecule has 0 aromatic heterocycles. The third-order valence-electron chi connectivity index (χ3n) is 5.33. The van der Waals surface area contributed by atoms with Crippen LogP contribution in [0.5, 0.6) is 0 Å². The van der Waals surface area contributed by atoms with E-state index < -0.39 is 0 Å². The molecule has 1 rings (SSSR count). The molecular formula is C25H42O2. The maximum Gasteiger partial charge on any atom is 0.338 e. The number of benzene rings is 1. The largest absolute Gasteiger partial charge is 0.462 e. The smallest absolute Gasteiger partial charge is 0.338 e. The summed E-state index contributed by atoms with van der Waals surface area (Å²) >= 11 is 0. The summed E-state index contributed by atoms with van der Waals surface area (Å²) in [4.78, 5) is 12.0. The molecule has 0 aliphatic carbocycles. The number of esters is 1. The number of carbonyl (C=O) groups excluding carboxylic acids is 1. The first-order valence-corrected chi connectivity index (χ1v) is 11.5. The van der Waals surface area contributed by atoms with E-state index in [2.05, 4.69) is 13.8 Å². The molecule has 1 aromatic carbocycles. The monoisotopic (exact) mass is 374 g/mol. The number of carbonyl (C=O) groups is 1. The Morgan fingerprint density at radius 2 is 1.11 bits per heavy atom. The molecule has 0 saturated carbocycles. The van der Waals surface area contributed by atoms with Crippen molar-refractivity contribution < 1.29 is 9.53 Å². The van der Waals surface area contributed by atoms with Crippen molar-refractivity contribution in [1.29, 1.82) is 0 Å². The summed E-state index contributed by atoms with van der Waals surface area (Å²) in [5.41, 5.74) is 1.91. The summed E-state index contributed by atoms with van der Waals surface area (Å²) in [5.74, 6) is -0.188. The van der Waals surface area contributed by atoms with E-state index in [-0.39, 0.29) is 5.97 Å². The summed E-state index contributed by atoms with van der Waals surface area (Å²) in [6.45, 7) is 4.94. The molecule has 2 heteroatoms. The molecule has 1 aromatic rings. The Hall–Kier alpha value is -1.31. The zero-order valence-electron chi connectivity index (χ0n) is 17.9. The van der Waals surface area contributed by atoms with E-state index in [0.29, 0.717) is 12.2 Å². The molecule has 154 valence electrons. The van der Waals surface area contributed by atoms with Gasteiger partial charge in [0.05, 0.1) is 12.2 Å². The number of hydrogen-bond acceptors (Lipinski definition) is 2. The standard InChI is InChI=1S/C25H42O2/c1-3-5-6-7-8-9-10-11-12-13-14-15-16-17-22-27-25(26)24-20-18-23(4-2)19-21-24/h18-21H,3-17,22H2,1-2H3. The maximum atomic E-state index is 12.0. The zero-order valence-corrected chi connectivity index (χ0v) is 17.9. The van der Waals surface area contributed by atoms with Crippen LogP contribution in [0, 0.1) is 0 Å². The van der Waals surface area contributed by atoms with Crippen LogP contribution in [-0.2, 0) is 11.2 Å². The lowest BCUT2D eigenvalue weighted by Crippen LogP contribution is -2.06.